The second-order valence-electron chi connectivity index (χ2n) is 5.64. The molecule has 3 amide bonds. The van der Waals surface area contributed by atoms with Gasteiger partial charge in [-0.05, 0) is 19.1 Å². The fraction of sp³-hybridized carbons (Fsp3) is 0.211. The van der Waals surface area contributed by atoms with Gasteiger partial charge in [-0.3, -0.25) is 20.2 Å². The zero-order valence-corrected chi connectivity index (χ0v) is 15.7. The van der Waals surface area contributed by atoms with Gasteiger partial charge in [0.2, 0.25) is 6.10 Å². The van der Waals surface area contributed by atoms with Gasteiger partial charge in [0.15, 0.2) is 5.75 Å². The zero-order valence-electron chi connectivity index (χ0n) is 15.7. The lowest BCUT2D eigenvalue weighted by Gasteiger charge is -2.17. The zero-order chi connectivity index (χ0) is 21.4. The summed E-state index contributed by atoms with van der Waals surface area (Å²) in [5.74, 6) is -1.84. The summed E-state index contributed by atoms with van der Waals surface area (Å²) >= 11 is 0. The molecular formula is C19H19N3O7. The van der Waals surface area contributed by atoms with Crippen LogP contribution < -0.4 is 15.4 Å². The molecule has 0 saturated carbocycles. The van der Waals surface area contributed by atoms with Crippen molar-refractivity contribution in [2.75, 3.05) is 13.7 Å². The Morgan fingerprint density at radius 1 is 1.14 bits per heavy atom. The summed E-state index contributed by atoms with van der Waals surface area (Å²) in [7, 11) is 1.32. The average Bonchev–Trinajstić information content (AvgIpc) is 2.72. The van der Waals surface area contributed by atoms with Crippen molar-refractivity contribution in [2.45, 2.75) is 13.0 Å². The van der Waals surface area contributed by atoms with Crippen LogP contribution in [0.4, 0.5) is 10.5 Å². The third-order valence-corrected chi connectivity index (χ3v) is 3.72. The summed E-state index contributed by atoms with van der Waals surface area (Å²) in [4.78, 5) is 47.0. The van der Waals surface area contributed by atoms with E-state index in [9.17, 15) is 24.5 Å². The van der Waals surface area contributed by atoms with Crippen molar-refractivity contribution in [1.82, 2.24) is 10.6 Å². The number of amides is 3. The van der Waals surface area contributed by atoms with Crippen molar-refractivity contribution >= 4 is 23.6 Å². The number of ether oxygens (including phenoxy) is 2. The lowest BCUT2D eigenvalue weighted by atomic mass is 10.1. The maximum absolute atomic E-state index is 12.6. The molecule has 0 heterocycles. The Kier molecular flexibility index (Phi) is 7.24. The van der Waals surface area contributed by atoms with E-state index in [1.165, 1.54) is 19.2 Å². The number of nitrogens with one attached hydrogen (secondary N) is 2. The highest BCUT2D eigenvalue weighted by Gasteiger charge is 2.28. The van der Waals surface area contributed by atoms with Crippen LogP contribution in [0.2, 0.25) is 0 Å². The number of rotatable bonds is 7. The number of carbonyl (C=O) groups is 3. The lowest BCUT2D eigenvalue weighted by Crippen LogP contribution is -2.41. The molecular weight excluding hydrogens is 382 g/mol. The Balaban J connectivity index is 2.32. The average molecular weight is 401 g/mol. The molecule has 2 N–H and O–H groups in total. The monoisotopic (exact) mass is 401 g/mol. The Labute approximate surface area is 166 Å². The van der Waals surface area contributed by atoms with Gasteiger partial charge in [-0.15, -0.1) is 0 Å². The number of hydrogen-bond donors (Lipinski definition) is 2. The predicted molar refractivity (Wildman–Crippen MR) is 101 cm³/mol. The molecule has 0 radical (unpaired) electrons. The molecule has 0 aliphatic carbocycles. The van der Waals surface area contributed by atoms with Gasteiger partial charge in [0.1, 0.15) is 0 Å². The first-order chi connectivity index (χ1) is 13.9. The molecule has 2 rings (SSSR count). The molecule has 152 valence electrons. The fourth-order valence-electron chi connectivity index (χ4n) is 2.38. The maximum atomic E-state index is 12.6. The molecule has 2 aromatic rings. The fourth-order valence-corrected chi connectivity index (χ4v) is 2.38. The van der Waals surface area contributed by atoms with Crippen molar-refractivity contribution < 1.29 is 28.8 Å². The first-order valence-corrected chi connectivity index (χ1v) is 8.57. The summed E-state index contributed by atoms with van der Waals surface area (Å²) in [6, 6.07) is 10.9. The molecule has 2 aromatic carbocycles. The summed E-state index contributed by atoms with van der Waals surface area (Å²) in [5, 5.41) is 15.5. The molecule has 0 saturated heterocycles. The summed E-state index contributed by atoms with van der Waals surface area (Å²) in [5.41, 5.74) is -0.233. The Bertz CT molecular complexity index is 915. The standard InChI is InChI=1S/C19H19N3O7/c1-3-28-15-10-9-13(11-14(15)22(26)27)18(24)29-16(12-7-5-4-6-8-12)17(23)21-19(25)20-2/h4-11,16H,3H2,1-2H3,(H2,20,21,23,25). The molecule has 10 heteroatoms. The van der Waals surface area contributed by atoms with E-state index in [4.69, 9.17) is 9.47 Å². The van der Waals surface area contributed by atoms with Gasteiger partial charge in [0, 0.05) is 18.7 Å². The molecule has 1 unspecified atom stereocenters. The number of esters is 1. The van der Waals surface area contributed by atoms with Crippen LogP contribution in [0.25, 0.3) is 0 Å². The minimum Gasteiger partial charge on any atom is -0.487 e. The first-order valence-electron chi connectivity index (χ1n) is 8.57. The molecule has 0 fully saturated rings. The number of benzene rings is 2. The van der Waals surface area contributed by atoms with Gasteiger partial charge in [-0.2, -0.15) is 0 Å². The topological polar surface area (TPSA) is 137 Å². The van der Waals surface area contributed by atoms with Gasteiger partial charge < -0.3 is 14.8 Å². The minimum atomic E-state index is -1.44. The smallest absolute Gasteiger partial charge is 0.339 e. The second kappa shape index (κ2) is 9.83. The number of nitro benzene ring substituents is 1. The van der Waals surface area contributed by atoms with E-state index >= 15 is 0 Å². The number of hydrogen-bond acceptors (Lipinski definition) is 7. The molecule has 0 spiro atoms. The van der Waals surface area contributed by atoms with Crippen LogP contribution >= 0.6 is 0 Å². The quantitative estimate of drug-likeness (QED) is 0.413. The number of urea groups is 1. The van der Waals surface area contributed by atoms with E-state index in [1.54, 1.807) is 37.3 Å². The normalized spacial score (nSPS) is 11.1. The van der Waals surface area contributed by atoms with E-state index in [1.807, 2.05) is 5.32 Å². The van der Waals surface area contributed by atoms with Crippen LogP contribution in [-0.4, -0.2) is 36.5 Å². The SMILES string of the molecule is CCOc1ccc(C(=O)OC(C(=O)NC(=O)NC)c2ccccc2)cc1[N+](=O)[O-]. The first kappa shape index (κ1) is 21.4. The van der Waals surface area contributed by atoms with E-state index in [0.717, 1.165) is 6.07 Å². The Morgan fingerprint density at radius 3 is 2.41 bits per heavy atom. The van der Waals surface area contributed by atoms with Crippen LogP contribution in [-0.2, 0) is 9.53 Å². The van der Waals surface area contributed by atoms with E-state index in [0.29, 0.717) is 5.56 Å². The molecule has 0 aromatic heterocycles. The molecule has 29 heavy (non-hydrogen) atoms. The van der Waals surface area contributed by atoms with Gasteiger partial charge in [-0.1, -0.05) is 30.3 Å². The highest BCUT2D eigenvalue weighted by Crippen LogP contribution is 2.29. The number of imide groups is 1. The number of nitro groups is 1. The summed E-state index contributed by atoms with van der Waals surface area (Å²) in [6.07, 6.45) is -1.44. The molecule has 0 bridgehead atoms. The van der Waals surface area contributed by atoms with E-state index < -0.39 is 34.6 Å². The van der Waals surface area contributed by atoms with Crippen molar-refractivity contribution in [3.05, 3.63) is 69.8 Å². The molecule has 1 atom stereocenters. The second-order valence-corrected chi connectivity index (χ2v) is 5.64. The van der Waals surface area contributed by atoms with Crippen LogP contribution in [0.5, 0.6) is 5.75 Å². The molecule has 10 nitrogen and oxygen atoms in total. The van der Waals surface area contributed by atoms with Crippen molar-refractivity contribution in [3.63, 3.8) is 0 Å². The van der Waals surface area contributed by atoms with Gasteiger partial charge >= 0.3 is 17.7 Å². The van der Waals surface area contributed by atoms with Gasteiger partial charge in [0.05, 0.1) is 17.1 Å². The van der Waals surface area contributed by atoms with E-state index in [2.05, 4.69) is 5.32 Å². The Hall–Kier alpha value is -3.95. The van der Waals surface area contributed by atoms with Gasteiger partial charge in [-0.25, -0.2) is 9.59 Å². The number of carbonyl (C=O) groups excluding carboxylic acids is 3. The van der Waals surface area contributed by atoms with E-state index in [-0.39, 0.29) is 17.9 Å². The van der Waals surface area contributed by atoms with Crippen LogP contribution in [0.1, 0.15) is 28.9 Å². The van der Waals surface area contributed by atoms with Crippen molar-refractivity contribution in [2.24, 2.45) is 0 Å². The molecule has 0 aliphatic heterocycles. The number of nitrogens with zero attached hydrogens (tertiary/aromatic N) is 1. The van der Waals surface area contributed by atoms with Crippen LogP contribution in [0, 0.1) is 10.1 Å². The van der Waals surface area contributed by atoms with Crippen molar-refractivity contribution in [1.29, 1.82) is 0 Å². The largest absolute Gasteiger partial charge is 0.487 e. The third-order valence-electron chi connectivity index (χ3n) is 3.72. The molecule has 0 aliphatic rings. The maximum Gasteiger partial charge on any atom is 0.339 e. The minimum absolute atomic E-state index is 0.00557. The van der Waals surface area contributed by atoms with Crippen molar-refractivity contribution in [3.8, 4) is 5.75 Å². The lowest BCUT2D eigenvalue weighted by molar-refractivity contribution is -0.385. The third kappa shape index (κ3) is 5.51. The summed E-state index contributed by atoms with van der Waals surface area (Å²) in [6.45, 7) is 1.88. The van der Waals surface area contributed by atoms with Crippen LogP contribution in [0.15, 0.2) is 48.5 Å². The highest BCUT2D eigenvalue weighted by atomic mass is 16.6. The predicted octanol–water partition coefficient (Wildman–Crippen LogP) is 2.35. The van der Waals surface area contributed by atoms with Gasteiger partial charge in [0.25, 0.3) is 5.91 Å². The summed E-state index contributed by atoms with van der Waals surface area (Å²) < 4.78 is 10.4. The Morgan fingerprint density at radius 2 is 1.83 bits per heavy atom. The van der Waals surface area contributed by atoms with Crippen LogP contribution in [0.3, 0.4) is 0 Å². The highest BCUT2D eigenvalue weighted by molar-refractivity contribution is 5.99.